The largest absolute Gasteiger partial charge is 0.493 e. The highest BCUT2D eigenvalue weighted by atomic mass is 16.5. The summed E-state index contributed by atoms with van der Waals surface area (Å²) in [6, 6.07) is 10.8. The highest BCUT2D eigenvalue weighted by molar-refractivity contribution is 5.90. The zero-order chi connectivity index (χ0) is 22.1. The Hall–Kier alpha value is -3.81. The topological polar surface area (TPSA) is 106 Å². The molecule has 0 spiro atoms. The minimum atomic E-state index is -0.580. The van der Waals surface area contributed by atoms with Gasteiger partial charge < -0.3 is 24.2 Å². The smallest absolute Gasteiger partial charge is 0.340 e. The van der Waals surface area contributed by atoms with E-state index < -0.39 is 5.63 Å². The maximum absolute atomic E-state index is 12.7. The van der Waals surface area contributed by atoms with Gasteiger partial charge in [-0.05, 0) is 43.7 Å². The molecular weight excluding hydrogens is 398 g/mol. The van der Waals surface area contributed by atoms with Crippen LogP contribution in [0.3, 0.4) is 0 Å². The molecule has 0 radical (unpaired) electrons. The zero-order valence-electron chi connectivity index (χ0n) is 17.7. The lowest BCUT2D eigenvalue weighted by atomic mass is 10.0. The monoisotopic (exact) mass is 421 g/mol. The standard InChI is InChI=1S/C23H23N3O5/c1-12-14-9-10-18(29-3)21(30-4)20(14)31-23(28)15(12)11-19(27)24-13(2)22-25-16-7-5-6-8-17(16)26-22/h5-10,13H,11H2,1-4H3,(H,24,27)(H,25,26). The van der Waals surface area contributed by atoms with Gasteiger partial charge in [0.15, 0.2) is 11.3 Å². The normalized spacial score (nSPS) is 12.1. The van der Waals surface area contributed by atoms with Crippen LogP contribution in [-0.2, 0) is 11.2 Å². The van der Waals surface area contributed by atoms with Gasteiger partial charge in [-0.1, -0.05) is 12.1 Å². The molecule has 31 heavy (non-hydrogen) atoms. The molecule has 0 fully saturated rings. The summed E-state index contributed by atoms with van der Waals surface area (Å²) in [5, 5.41) is 3.58. The van der Waals surface area contributed by atoms with Crippen LogP contribution in [0, 0.1) is 6.92 Å². The molecule has 4 aromatic rings. The van der Waals surface area contributed by atoms with Crippen molar-refractivity contribution in [2.75, 3.05) is 14.2 Å². The van der Waals surface area contributed by atoms with E-state index in [0.717, 1.165) is 11.0 Å². The molecule has 0 bridgehead atoms. The van der Waals surface area contributed by atoms with Crippen molar-refractivity contribution in [3.05, 3.63) is 63.8 Å². The van der Waals surface area contributed by atoms with E-state index in [4.69, 9.17) is 13.9 Å². The summed E-state index contributed by atoms with van der Waals surface area (Å²) in [6.07, 6.45) is -0.108. The molecular formula is C23H23N3O5. The minimum absolute atomic E-state index is 0.108. The third kappa shape index (κ3) is 3.72. The molecule has 1 atom stereocenters. The summed E-state index contributed by atoms with van der Waals surface area (Å²) in [5.74, 6) is 1.15. The summed E-state index contributed by atoms with van der Waals surface area (Å²) < 4.78 is 16.1. The first kappa shape index (κ1) is 20.5. The average Bonchev–Trinajstić information content (AvgIpc) is 3.20. The van der Waals surface area contributed by atoms with E-state index in [1.54, 1.807) is 19.1 Å². The number of rotatable bonds is 6. The molecule has 0 saturated heterocycles. The van der Waals surface area contributed by atoms with E-state index in [0.29, 0.717) is 39.4 Å². The quantitative estimate of drug-likeness (QED) is 0.462. The molecule has 0 saturated carbocycles. The lowest BCUT2D eigenvalue weighted by Gasteiger charge is -2.14. The Morgan fingerprint density at radius 3 is 2.68 bits per heavy atom. The van der Waals surface area contributed by atoms with E-state index in [1.807, 2.05) is 31.2 Å². The van der Waals surface area contributed by atoms with E-state index in [9.17, 15) is 9.59 Å². The number of nitrogens with zero attached hydrogens (tertiary/aromatic N) is 1. The first-order chi connectivity index (χ1) is 14.9. The number of hydrogen-bond acceptors (Lipinski definition) is 6. The number of imidazole rings is 1. The van der Waals surface area contributed by atoms with Gasteiger partial charge in [-0.25, -0.2) is 9.78 Å². The number of para-hydroxylation sites is 2. The molecule has 8 nitrogen and oxygen atoms in total. The van der Waals surface area contributed by atoms with Crippen molar-refractivity contribution in [1.82, 2.24) is 15.3 Å². The number of amides is 1. The maximum Gasteiger partial charge on any atom is 0.340 e. The molecule has 0 aliphatic rings. The Morgan fingerprint density at radius 1 is 1.19 bits per heavy atom. The molecule has 4 rings (SSSR count). The third-order valence-corrected chi connectivity index (χ3v) is 5.33. The Kier molecular flexibility index (Phi) is 5.37. The van der Waals surface area contributed by atoms with Crippen molar-refractivity contribution < 1.29 is 18.7 Å². The average molecular weight is 421 g/mol. The second kappa shape index (κ2) is 8.14. The molecule has 8 heteroatoms. The number of carbonyl (C=O) groups is 1. The van der Waals surface area contributed by atoms with Crippen molar-refractivity contribution in [2.24, 2.45) is 0 Å². The van der Waals surface area contributed by atoms with Crippen LogP contribution in [0.1, 0.15) is 29.9 Å². The zero-order valence-corrected chi connectivity index (χ0v) is 17.7. The number of hydrogen-bond donors (Lipinski definition) is 2. The fourth-order valence-electron chi connectivity index (χ4n) is 3.67. The van der Waals surface area contributed by atoms with E-state index >= 15 is 0 Å². The van der Waals surface area contributed by atoms with Crippen LogP contribution in [0.15, 0.2) is 45.6 Å². The number of aryl methyl sites for hydroxylation is 1. The number of ether oxygens (including phenoxy) is 2. The first-order valence-electron chi connectivity index (χ1n) is 9.84. The van der Waals surface area contributed by atoms with Gasteiger partial charge in [0, 0.05) is 5.39 Å². The minimum Gasteiger partial charge on any atom is -0.493 e. The second-order valence-electron chi connectivity index (χ2n) is 7.28. The predicted octanol–water partition coefficient (Wildman–Crippen LogP) is 3.41. The van der Waals surface area contributed by atoms with Crippen LogP contribution < -0.4 is 20.4 Å². The Bertz CT molecular complexity index is 1310. The number of fused-ring (bicyclic) bond motifs is 2. The molecule has 0 aliphatic carbocycles. The van der Waals surface area contributed by atoms with Crippen LogP contribution in [-0.4, -0.2) is 30.1 Å². The molecule has 160 valence electrons. The van der Waals surface area contributed by atoms with Gasteiger partial charge in [0.05, 0.1) is 43.3 Å². The molecule has 2 aromatic carbocycles. The van der Waals surface area contributed by atoms with Crippen LogP contribution in [0.4, 0.5) is 0 Å². The number of nitrogens with one attached hydrogen (secondary N) is 2. The van der Waals surface area contributed by atoms with Gasteiger partial charge in [-0.15, -0.1) is 0 Å². The highest BCUT2D eigenvalue weighted by Crippen LogP contribution is 2.36. The van der Waals surface area contributed by atoms with E-state index in [2.05, 4.69) is 15.3 Å². The highest BCUT2D eigenvalue weighted by Gasteiger charge is 2.21. The lowest BCUT2D eigenvalue weighted by molar-refractivity contribution is -0.121. The molecule has 2 N–H and O–H groups in total. The number of benzene rings is 2. The Labute approximate surface area is 178 Å². The number of H-pyrrole nitrogens is 1. The van der Waals surface area contributed by atoms with E-state index in [1.165, 1.54) is 14.2 Å². The van der Waals surface area contributed by atoms with Gasteiger partial charge >= 0.3 is 5.63 Å². The van der Waals surface area contributed by atoms with Gasteiger partial charge in [-0.3, -0.25) is 4.79 Å². The summed E-state index contributed by atoms with van der Waals surface area (Å²) in [4.78, 5) is 33.1. The number of carbonyl (C=O) groups excluding carboxylic acids is 1. The third-order valence-electron chi connectivity index (χ3n) is 5.33. The molecule has 2 aromatic heterocycles. The summed E-state index contributed by atoms with van der Waals surface area (Å²) >= 11 is 0. The van der Waals surface area contributed by atoms with E-state index in [-0.39, 0.29) is 18.4 Å². The van der Waals surface area contributed by atoms with Crippen LogP contribution in [0.5, 0.6) is 11.5 Å². The van der Waals surface area contributed by atoms with Gasteiger partial charge in [0.25, 0.3) is 0 Å². The van der Waals surface area contributed by atoms with Gasteiger partial charge in [0.1, 0.15) is 5.82 Å². The summed E-state index contributed by atoms with van der Waals surface area (Å²) in [7, 11) is 2.99. The van der Waals surface area contributed by atoms with Crippen molar-refractivity contribution in [3.63, 3.8) is 0 Å². The maximum atomic E-state index is 12.7. The molecule has 0 aliphatic heterocycles. The Balaban J connectivity index is 1.60. The van der Waals surface area contributed by atoms with Crippen molar-refractivity contribution in [3.8, 4) is 11.5 Å². The molecule has 1 unspecified atom stereocenters. The first-order valence-corrected chi connectivity index (χ1v) is 9.84. The van der Waals surface area contributed by atoms with Crippen LogP contribution in [0.2, 0.25) is 0 Å². The lowest BCUT2D eigenvalue weighted by Crippen LogP contribution is -2.30. The Morgan fingerprint density at radius 2 is 1.97 bits per heavy atom. The van der Waals surface area contributed by atoms with Crippen LogP contribution in [0.25, 0.3) is 22.0 Å². The number of aromatic amines is 1. The SMILES string of the molecule is COc1ccc2c(C)c(CC(=O)NC(C)c3nc4ccccc4[nH]3)c(=O)oc2c1OC. The summed E-state index contributed by atoms with van der Waals surface area (Å²) in [6.45, 7) is 3.62. The number of methoxy groups -OCH3 is 2. The fourth-order valence-corrected chi connectivity index (χ4v) is 3.67. The van der Waals surface area contributed by atoms with Crippen molar-refractivity contribution in [1.29, 1.82) is 0 Å². The van der Waals surface area contributed by atoms with Crippen LogP contribution >= 0.6 is 0 Å². The van der Waals surface area contributed by atoms with Crippen molar-refractivity contribution >= 4 is 27.9 Å². The predicted molar refractivity (Wildman–Crippen MR) is 117 cm³/mol. The van der Waals surface area contributed by atoms with Crippen molar-refractivity contribution in [2.45, 2.75) is 26.3 Å². The second-order valence-corrected chi connectivity index (χ2v) is 7.28. The number of aromatic nitrogens is 2. The van der Waals surface area contributed by atoms with Gasteiger partial charge in [0.2, 0.25) is 11.7 Å². The molecule has 1 amide bonds. The molecule has 2 heterocycles. The summed E-state index contributed by atoms with van der Waals surface area (Å²) in [5.41, 5.74) is 2.41. The van der Waals surface area contributed by atoms with Gasteiger partial charge in [-0.2, -0.15) is 0 Å². The fraction of sp³-hybridized carbons (Fsp3) is 0.261.